The van der Waals surface area contributed by atoms with Crippen LogP contribution in [0.3, 0.4) is 0 Å². The normalized spacial score (nSPS) is 12.4. The number of hydrogen-bond donors (Lipinski definition) is 3. The maximum Gasteiger partial charge on any atom is 0.329 e. The molecule has 2 aromatic heterocycles. The molecule has 3 aromatic rings. The van der Waals surface area contributed by atoms with Crippen molar-refractivity contribution < 1.29 is 14.9 Å². The van der Waals surface area contributed by atoms with Crippen molar-refractivity contribution in [2.45, 2.75) is 24.7 Å². The number of benzene rings is 1. The number of aliphatic hydroxyl groups is 2. The Labute approximate surface area is 164 Å². The van der Waals surface area contributed by atoms with Crippen LogP contribution >= 0.6 is 11.8 Å². The molecule has 28 heavy (non-hydrogen) atoms. The molecule has 0 aliphatic heterocycles. The van der Waals surface area contributed by atoms with Gasteiger partial charge in [0, 0.05) is 12.8 Å². The summed E-state index contributed by atoms with van der Waals surface area (Å²) in [4.78, 5) is 30.8. The Kier molecular flexibility index (Phi) is 6.22. The van der Waals surface area contributed by atoms with Crippen molar-refractivity contribution in [1.29, 1.82) is 0 Å². The van der Waals surface area contributed by atoms with Gasteiger partial charge in [-0.05, 0) is 18.6 Å². The SMILES string of the molecule is Cc1ccccc1OCC(O)Cn1c(SCCO)nc2c1c(=O)[nH]c(=O)n2C. The summed E-state index contributed by atoms with van der Waals surface area (Å²) < 4.78 is 8.48. The fourth-order valence-corrected chi connectivity index (χ4v) is 3.55. The second-order valence-corrected chi connectivity index (χ2v) is 7.36. The third-order valence-corrected chi connectivity index (χ3v) is 5.17. The van der Waals surface area contributed by atoms with E-state index >= 15 is 0 Å². The molecule has 0 spiro atoms. The number of rotatable bonds is 8. The summed E-state index contributed by atoms with van der Waals surface area (Å²) in [5, 5.41) is 20.0. The van der Waals surface area contributed by atoms with Gasteiger partial charge < -0.3 is 19.5 Å². The highest BCUT2D eigenvalue weighted by molar-refractivity contribution is 7.99. The van der Waals surface area contributed by atoms with Crippen LogP contribution in [0.2, 0.25) is 0 Å². The van der Waals surface area contributed by atoms with Crippen LogP contribution in [0.15, 0.2) is 39.0 Å². The molecule has 3 N–H and O–H groups in total. The molecule has 0 bridgehead atoms. The molecule has 0 amide bonds. The summed E-state index contributed by atoms with van der Waals surface area (Å²) in [5.74, 6) is 1.04. The smallest absolute Gasteiger partial charge is 0.329 e. The number of ether oxygens (including phenoxy) is 1. The lowest BCUT2D eigenvalue weighted by Crippen LogP contribution is -2.30. The van der Waals surface area contributed by atoms with Crippen LogP contribution in [0, 0.1) is 6.92 Å². The number of para-hydroxylation sites is 1. The lowest BCUT2D eigenvalue weighted by molar-refractivity contribution is 0.0910. The van der Waals surface area contributed by atoms with Gasteiger partial charge in [-0.25, -0.2) is 9.78 Å². The van der Waals surface area contributed by atoms with Crippen LogP contribution < -0.4 is 16.0 Å². The van der Waals surface area contributed by atoms with Gasteiger partial charge in [0.15, 0.2) is 16.3 Å². The quantitative estimate of drug-likeness (QED) is 0.459. The molecule has 0 saturated carbocycles. The van der Waals surface area contributed by atoms with Crippen LogP contribution in [-0.4, -0.2) is 54.4 Å². The van der Waals surface area contributed by atoms with E-state index in [4.69, 9.17) is 9.84 Å². The number of aromatic amines is 1. The van der Waals surface area contributed by atoms with Gasteiger partial charge in [-0.2, -0.15) is 0 Å². The van der Waals surface area contributed by atoms with Crippen molar-refractivity contribution in [2.24, 2.45) is 7.05 Å². The van der Waals surface area contributed by atoms with Crippen LogP contribution in [0.25, 0.3) is 11.2 Å². The van der Waals surface area contributed by atoms with E-state index in [-0.39, 0.29) is 30.9 Å². The van der Waals surface area contributed by atoms with E-state index in [1.807, 2.05) is 31.2 Å². The zero-order valence-corrected chi connectivity index (χ0v) is 16.4. The lowest BCUT2D eigenvalue weighted by atomic mass is 10.2. The van der Waals surface area contributed by atoms with Crippen molar-refractivity contribution in [3.05, 3.63) is 50.7 Å². The Morgan fingerprint density at radius 1 is 1.32 bits per heavy atom. The second-order valence-electron chi connectivity index (χ2n) is 6.30. The molecule has 0 saturated heterocycles. The summed E-state index contributed by atoms with van der Waals surface area (Å²) in [6, 6.07) is 7.48. The number of imidazole rings is 1. The molecule has 0 aliphatic carbocycles. The molecule has 0 radical (unpaired) electrons. The maximum atomic E-state index is 12.4. The van der Waals surface area contributed by atoms with Crippen LogP contribution in [0.5, 0.6) is 5.75 Å². The standard InChI is InChI=1S/C18H22N4O5S/c1-11-5-3-4-6-13(11)27-10-12(24)9-22-14-15(19-18(22)28-8-7-23)21(2)17(26)20-16(14)25/h3-6,12,23-24H,7-10H2,1-2H3,(H,20,25,26). The average Bonchev–Trinajstić information content (AvgIpc) is 3.02. The minimum absolute atomic E-state index is 0.0261. The number of aliphatic hydroxyl groups excluding tert-OH is 2. The maximum absolute atomic E-state index is 12.4. The van der Waals surface area contributed by atoms with Gasteiger partial charge in [0.25, 0.3) is 5.56 Å². The first-order chi connectivity index (χ1) is 13.4. The molecule has 3 rings (SSSR count). The van der Waals surface area contributed by atoms with E-state index in [9.17, 15) is 14.7 Å². The molecule has 10 heteroatoms. The van der Waals surface area contributed by atoms with Gasteiger partial charge in [-0.3, -0.25) is 14.3 Å². The first-order valence-corrected chi connectivity index (χ1v) is 9.70. The number of nitrogens with one attached hydrogen (secondary N) is 1. The predicted molar refractivity (Wildman–Crippen MR) is 106 cm³/mol. The first kappa shape index (κ1) is 20.2. The molecule has 1 atom stereocenters. The first-order valence-electron chi connectivity index (χ1n) is 8.72. The Bertz CT molecular complexity index is 1090. The van der Waals surface area contributed by atoms with Crippen molar-refractivity contribution in [2.75, 3.05) is 19.0 Å². The molecule has 0 fully saturated rings. The third kappa shape index (κ3) is 4.13. The number of aromatic nitrogens is 4. The van der Waals surface area contributed by atoms with Gasteiger partial charge in [0.1, 0.15) is 18.5 Å². The Morgan fingerprint density at radius 2 is 2.07 bits per heavy atom. The van der Waals surface area contributed by atoms with Gasteiger partial charge in [-0.1, -0.05) is 30.0 Å². The summed E-state index contributed by atoms with van der Waals surface area (Å²) in [6.07, 6.45) is -0.915. The monoisotopic (exact) mass is 406 g/mol. The third-order valence-electron chi connectivity index (χ3n) is 4.21. The Hall–Kier alpha value is -2.56. The Morgan fingerprint density at radius 3 is 2.79 bits per heavy atom. The molecular weight excluding hydrogens is 384 g/mol. The fourth-order valence-electron chi connectivity index (χ4n) is 2.80. The summed E-state index contributed by atoms with van der Waals surface area (Å²) >= 11 is 1.24. The molecule has 0 aliphatic rings. The summed E-state index contributed by atoms with van der Waals surface area (Å²) in [7, 11) is 1.51. The van der Waals surface area contributed by atoms with E-state index < -0.39 is 17.4 Å². The van der Waals surface area contributed by atoms with E-state index in [1.54, 1.807) is 4.57 Å². The highest BCUT2D eigenvalue weighted by Gasteiger charge is 2.20. The largest absolute Gasteiger partial charge is 0.491 e. The minimum atomic E-state index is -0.915. The van der Waals surface area contributed by atoms with E-state index in [1.165, 1.54) is 23.4 Å². The number of aryl methyl sites for hydroxylation is 2. The van der Waals surface area contributed by atoms with Gasteiger partial charge in [-0.15, -0.1) is 0 Å². The lowest BCUT2D eigenvalue weighted by Gasteiger charge is -2.16. The topological polar surface area (TPSA) is 122 Å². The van der Waals surface area contributed by atoms with Crippen molar-refractivity contribution in [3.8, 4) is 5.75 Å². The van der Waals surface area contributed by atoms with E-state index in [0.29, 0.717) is 16.7 Å². The van der Waals surface area contributed by atoms with Crippen LogP contribution in [0.4, 0.5) is 0 Å². The van der Waals surface area contributed by atoms with Crippen molar-refractivity contribution >= 4 is 22.9 Å². The second kappa shape index (κ2) is 8.63. The molecule has 1 aromatic carbocycles. The number of fused-ring (bicyclic) bond motifs is 1. The molecule has 150 valence electrons. The number of hydrogen-bond acceptors (Lipinski definition) is 7. The molecule has 1 unspecified atom stereocenters. The fraction of sp³-hybridized carbons (Fsp3) is 0.389. The van der Waals surface area contributed by atoms with Crippen molar-refractivity contribution in [3.63, 3.8) is 0 Å². The van der Waals surface area contributed by atoms with Crippen LogP contribution in [0.1, 0.15) is 5.56 Å². The zero-order chi connectivity index (χ0) is 20.3. The highest BCUT2D eigenvalue weighted by Crippen LogP contribution is 2.22. The van der Waals surface area contributed by atoms with Gasteiger partial charge in [0.05, 0.1) is 13.2 Å². The number of H-pyrrole nitrogens is 1. The zero-order valence-electron chi connectivity index (χ0n) is 15.6. The van der Waals surface area contributed by atoms with Gasteiger partial charge >= 0.3 is 5.69 Å². The number of nitrogens with zero attached hydrogens (tertiary/aromatic N) is 3. The average molecular weight is 406 g/mol. The summed E-state index contributed by atoms with van der Waals surface area (Å²) in [5.41, 5.74) is 0.227. The Balaban J connectivity index is 1.90. The van der Waals surface area contributed by atoms with Crippen molar-refractivity contribution in [1.82, 2.24) is 19.1 Å². The summed E-state index contributed by atoms with van der Waals surface area (Å²) in [6.45, 7) is 1.92. The van der Waals surface area contributed by atoms with Gasteiger partial charge in [0.2, 0.25) is 0 Å². The molecule has 2 heterocycles. The number of thioether (sulfide) groups is 1. The molecule has 9 nitrogen and oxygen atoms in total. The molecular formula is C18H22N4O5S. The minimum Gasteiger partial charge on any atom is -0.491 e. The highest BCUT2D eigenvalue weighted by atomic mass is 32.2. The van der Waals surface area contributed by atoms with E-state index in [0.717, 1.165) is 5.56 Å². The van der Waals surface area contributed by atoms with E-state index in [2.05, 4.69) is 9.97 Å². The van der Waals surface area contributed by atoms with Crippen LogP contribution in [-0.2, 0) is 13.6 Å². The predicted octanol–water partition coefficient (Wildman–Crippen LogP) is 0.256.